The van der Waals surface area contributed by atoms with Crippen LogP contribution in [0.15, 0.2) is 24.3 Å². The molecule has 0 bridgehead atoms. The molecule has 0 spiro atoms. The second-order valence-electron chi connectivity index (χ2n) is 5.74. The van der Waals surface area contributed by atoms with Crippen LogP contribution in [0.2, 0.25) is 0 Å². The summed E-state index contributed by atoms with van der Waals surface area (Å²) in [6, 6.07) is 9.76. The summed E-state index contributed by atoms with van der Waals surface area (Å²) >= 11 is 0. The predicted molar refractivity (Wildman–Crippen MR) is 78.8 cm³/mol. The lowest BCUT2D eigenvalue weighted by molar-refractivity contribution is 0.195. The summed E-state index contributed by atoms with van der Waals surface area (Å²) in [5.41, 5.74) is 3.40. The van der Waals surface area contributed by atoms with Gasteiger partial charge in [-0.1, -0.05) is 51.0 Å². The molecule has 1 unspecified atom stereocenters. The van der Waals surface area contributed by atoms with Gasteiger partial charge in [0.05, 0.1) is 0 Å². The molecule has 2 rings (SSSR count). The maximum Gasteiger partial charge on any atom is 0.0374 e. The first-order chi connectivity index (χ1) is 8.75. The van der Waals surface area contributed by atoms with Crippen molar-refractivity contribution in [2.24, 2.45) is 5.41 Å². The van der Waals surface area contributed by atoms with Crippen LogP contribution in [-0.2, 0) is 6.42 Å². The smallest absolute Gasteiger partial charge is 0.0374 e. The van der Waals surface area contributed by atoms with E-state index < -0.39 is 0 Å². The van der Waals surface area contributed by atoms with Crippen molar-refractivity contribution in [3.63, 3.8) is 0 Å². The maximum absolute atomic E-state index is 3.59. The average molecular weight is 245 g/mol. The number of aryl methyl sites for hydroxylation is 1. The van der Waals surface area contributed by atoms with Crippen molar-refractivity contribution in [3.8, 4) is 0 Å². The van der Waals surface area contributed by atoms with Crippen molar-refractivity contribution in [2.75, 3.05) is 7.05 Å². The second kappa shape index (κ2) is 5.88. The summed E-state index contributed by atoms with van der Waals surface area (Å²) in [6.45, 7) is 4.57. The Morgan fingerprint density at radius 2 is 1.72 bits per heavy atom. The van der Waals surface area contributed by atoms with Gasteiger partial charge in [0.2, 0.25) is 0 Å². The molecule has 0 amide bonds. The third-order valence-corrected chi connectivity index (χ3v) is 4.93. The lowest BCUT2D eigenvalue weighted by Crippen LogP contribution is -2.34. The topological polar surface area (TPSA) is 12.0 Å². The summed E-state index contributed by atoms with van der Waals surface area (Å²) in [5.74, 6) is 0. The van der Waals surface area contributed by atoms with E-state index >= 15 is 0 Å². The van der Waals surface area contributed by atoms with Crippen LogP contribution in [-0.4, -0.2) is 7.05 Å². The van der Waals surface area contributed by atoms with Crippen molar-refractivity contribution in [1.82, 2.24) is 5.32 Å². The molecule has 1 aromatic rings. The van der Waals surface area contributed by atoms with E-state index in [0.29, 0.717) is 11.5 Å². The Labute approximate surface area is 112 Å². The molecule has 18 heavy (non-hydrogen) atoms. The summed E-state index contributed by atoms with van der Waals surface area (Å²) in [6.07, 6.45) is 7.98. The van der Waals surface area contributed by atoms with Crippen molar-refractivity contribution < 1.29 is 0 Å². The van der Waals surface area contributed by atoms with E-state index in [0.717, 1.165) is 6.42 Å². The first-order valence-corrected chi connectivity index (χ1v) is 7.52. The maximum atomic E-state index is 3.59. The molecule has 1 fully saturated rings. The number of benzene rings is 1. The first kappa shape index (κ1) is 13.6. The Hall–Kier alpha value is -0.820. The van der Waals surface area contributed by atoms with Crippen molar-refractivity contribution in [3.05, 3.63) is 35.4 Å². The fraction of sp³-hybridized carbons (Fsp3) is 0.647. The monoisotopic (exact) mass is 245 g/mol. The molecule has 1 aliphatic carbocycles. The molecule has 1 aromatic carbocycles. The molecular weight excluding hydrogens is 218 g/mol. The highest BCUT2D eigenvalue weighted by Gasteiger charge is 2.39. The zero-order valence-electron chi connectivity index (χ0n) is 12.1. The highest BCUT2D eigenvalue weighted by molar-refractivity contribution is 5.27. The molecule has 100 valence electrons. The van der Waals surface area contributed by atoms with Gasteiger partial charge in [0.25, 0.3) is 0 Å². The molecule has 1 atom stereocenters. The summed E-state index contributed by atoms with van der Waals surface area (Å²) < 4.78 is 0. The molecule has 0 heterocycles. The van der Waals surface area contributed by atoms with Gasteiger partial charge in [0.15, 0.2) is 0 Å². The quantitative estimate of drug-likeness (QED) is 0.806. The zero-order chi connectivity index (χ0) is 13.0. The van der Waals surface area contributed by atoms with E-state index in [-0.39, 0.29) is 0 Å². The van der Waals surface area contributed by atoms with E-state index in [9.17, 15) is 0 Å². The van der Waals surface area contributed by atoms with Gasteiger partial charge in [-0.2, -0.15) is 0 Å². The average Bonchev–Trinajstić information content (AvgIpc) is 2.90. The highest BCUT2D eigenvalue weighted by Crippen LogP contribution is 2.49. The summed E-state index contributed by atoms with van der Waals surface area (Å²) in [5, 5.41) is 3.59. The Balaban J connectivity index is 2.26. The largest absolute Gasteiger partial charge is 0.313 e. The predicted octanol–water partition coefficient (Wildman–Crippen LogP) is 4.48. The van der Waals surface area contributed by atoms with Gasteiger partial charge in [-0.25, -0.2) is 0 Å². The number of rotatable bonds is 5. The molecule has 1 N–H and O–H groups in total. The molecule has 1 nitrogen and oxygen atoms in total. The number of hydrogen-bond donors (Lipinski definition) is 1. The number of hydrogen-bond acceptors (Lipinski definition) is 1. The molecule has 1 heteroatoms. The van der Waals surface area contributed by atoms with Crippen LogP contribution in [0.5, 0.6) is 0 Å². The lowest BCUT2D eigenvalue weighted by Gasteiger charge is -2.37. The number of nitrogens with one attached hydrogen (secondary N) is 1. The van der Waals surface area contributed by atoms with E-state index in [4.69, 9.17) is 0 Å². The fourth-order valence-electron chi connectivity index (χ4n) is 3.70. The SMILES string of the molecule is CCc1ccc(C(NC)C2(CC)CCCC2)cc1. The van der Waals surface area contributed by atoms with Crippen LogP contribution in [0.4, 0.5) is 0 Å². The van der Waals surface area contributed by atoms with Crippen molar-refractivity contribution >= 4 is 0 Å². The second-order valence-corrected chi connectivity index (χ2v) is 5.74. The third-order valence-electron chi connectivity index (χ3n) is 4.93. The van der Waals surface area contributed by atoms with E-state index in [1.807, 2.05) is 0 Å². The van der Waals surface area contributed by atoms with E-state index in [1.165, 1.54) is 43.2 Å². The minimum absolute atomic E-state index is 0.489. The minimum atomic E-state index is 0.489. The summed E-state index contributed by atoms with van der Waals surface area (Å²) in [7, 11) is 2.12. The van der Waals surface area contributed by atoms with E-state index in [1.54, 1.807) is 0 Å². The first-order valence-electron chi connectivity index (χ1n) is 7.52. The van der Waals surface area contributed by atoms with E-state index in [2.05, 4.69) is 50.5 Å². The van der Waals surface area contributed by atoms with Gasteiger partial charge in [-0.15, -0.1) is 0 Å². The molecule has 0 radical (unpaired) electrons. The fourth-order valence-corrected chi connectivity index (χ4v) is 3.70. The minimum Gasteiger partial charge on any atom is -0.313 e. The van der Waals surface area contributed by atoms with Gasteiger partial charge >= 0.3 is 0 Å². The van der Waals surface area contributed by atoms with Crippen LogP contribution in [0, 0.1) is 5.41 Å². The van der Waals surface area contributed by atoms with Crippen LogP contribution in [0.3, 0.4) is 0 Å². The molecule has 0 aliphatic heterocycles. The lowest BCUT2D eigenvalue weighted by atomic mass is 9.73. The molecular formula is C17H27N. The van der Waals surface area contributed by atoms with Crippen LogP contribution < -0.4 is 5.32 Å². The van der Waals surface area contributed by atoms with Crippen LogP contribution >= 0.6 is 0 Å². The highest BCUT2D eigenvalue weighted by atomic mass is 14.9. The Bertz CT molecular complexity index is 360. The molecule has 1 saturated carbocycles. The molecule has 0 aromatic heterocycles. The zero-order valence-corrected chi connectivity index (χ0v) is 12.1. The Kier molecular flexibility index (Phi) is 4.45. The van der Waals surface area contributed by atoms with Crippen LogP contribution in [0.25, 0.3) is 0 Å². The van der Waals surface area contributed by atoms with Gasteiger partial charge in [-0.05, 0) is 49.3 Å². The van der Waals surface area contributed by atoms with Crippen LogP contribution in [0.1, 0.15) is 63.1 Å². The van der Waals surface area contributed by atoms with Gasteiger partial charge in [-0.3, -0.25) is 0 Å². The summed E-state index contributed by atoms with van der Waals surface area (Å²) in [4.78, 5) is 0. The Morgan fingerprint density at radius 3 is 2.17 bits per heavy atom. The third kappa shape index (κ3) is 2.47. The van der Waals surface area contributed by atoms with Gasteiger partial charge in [0, 0.05) is 6.04 Å². The normalized spacial score (nSPS) is 19.9. The molecule has 0 saturated heterocycles. The molecule has 1 aliphatic rings. The van der Waals surface area contributed by atoms with Crippen molar-refractivity contribution in [2.45, 2.75) is 58.4 Å². The van der Waals surface area contributed by atoms with Gasteiger partial charge in [0.1, 0.15) is 0 Å². The Morgan fingerprint density at radius 1 is 1.11 bits per heavy atom. The van der Waals surface area contributed by atoms with Gasteiger partial charge < -0.3 is 5.32 Å². The standard InChI is InChI=1S/C17H27N/c1-4-14-8-10-15(11-9-14)16(18-3)17(5-2)12-6-7-13-17/h8-11,16,18H,4-7,12-13H2,1-3H3. The van der Waals surface area contributed by atoms with Crippen molar-refractivity contribution in [1.29, 1.82) is 0 Å².